The van der Waals surface area contributed by atoms with Gasteiger partial charge in [-0.3, -0.25) is 4.98 Å². The van der Waals surface area contributed by atoms with E-state index in [4.69, 9.17) is 4.42 Å². The zero-order valence-corrected chi connectivity index (χ0v) is 11.3. The Morgan fingerprint density at radius 2 is 1.60 bits per heavy atom. The lowest BCUT2D eigenvalue weighted by Crippen LogP contribution is -1.75. The van der Waals surface area contributed by atoms with E-state index in [9.17, 15) is 0 Å². The first-order valence-electron chi connectivity index (χ1n) is 6.49. The van der Waals surface area contributed by atoms with Crippen LogP contribution < -0.4 is 0 Å². The third-order valence-electron chi connectivity index (χ3n) is 3.73. The lowest BCUT2D eigenvalue weighted by atomic mass is 10.1. The van der Waals surface area contributed by atoms with Crippen molar-refractivity contribution in [1.29, 1.82) is 0 Å². The third-order valence-corrected chi connectivity index (χ3v) is 4.85. The number of thiophene rings is 1. The van der Waals surface area contributed by atoms with Crippen LogP contribution in [-0.2, 0) is 0 Å². The molecule has 2 nitrogen and oxygen atoms in total. The average molecular weight is 275 g/mol. The molecule has 0 saturated carbocycles. The summed E-state index contributed by atoms with van der Waals surface area (Å²) in [5.74, 6) is 0. The van der Waals surface area contributed by atoms with Gasteiger partial charge in [-0.25, -0.2) is 0 Å². The van der Waals surface area contributed by atoms with Crippen LogP contribution in [0.5, 0.6) is 0 Å². The minimum absolute atomic E-state index is 0.828. The summed E-state index contributed by atoms with van der Waals surface area (Å²) in [4.78, 5) is 4.53. The molecule has 0 amide bonds. The van der Waals surface area contributed by atoms with E-state index in [-0.39, 0.29) is 0 Å². The predicted molar refractivity (Wildman–Crippen MR) is 84.4 cm³/mol. The second-order valence-electron chi connectivity index (χ2n) is 4.86. The molecule has 3 heterocycles. The van der Waals surface area contributed by atoms with E-state index in [1.807, 2.05) is 30.5 Å². The minimum Gasteiger partial charge on any atom is -0.454 e. The zero-order valence-electron chi connectivity index (χ0n) is 10.5. The largest absolute Gasteiger partial charge is 0.454 e. The van der Waals surface area contributed by atoms with Gasteiger partial charge in [0.25, 0.3) is 0 Å². The van der Waals surface area contributed by atoms with Gasteiger partial charge in [-0.1, -0.05) is 18.2 Å². The molecule has 0 aliphatic carbocycles. The van der Waals surface area contributed by atoms with Gasteiger partial charge in [0.15, 0.2) is 5.58 Å². The lowest BCUT2D eigenvalue weighted by Gasteiger charge is -1.95. The number of rotatable bonds is 0. The van der Waals surface area contributed by atoms with Gasteiger partial charge in [-0.15, -0.1) is 11.3 Å². The van der Waals surface area contributed by atoms with Crippen molar-refractivity contribution in [3.63, 3.8) is 0 Å². The number of aromatic nitrogens is 1. The van der Waals surface area contributed by atoms with Gasteiger partial charge in [0.1, 0.15) is 11.1 Å². The Labute approximate surface area is 118 Å². The summed E-state index contributed by atoms with van der Waals surface area (Å²) in [5.41, 5.74) is 2.68. The molecular formula is C17H9NOS. The van der Waals surface area contributed by atoms with E-state index in [0.717, 1.165) is 22.1 Å². The van der Waals surface area contributed by atoms with Gasteiger partial charge in [0, 0.05) is 31.8 Å². The number of nitrogens with zero attached hydrogens (tertiary/aromatic N) is 1. The molecule has 0 radical (unpaired) electrons. The summed E-state index contributed by atoms with van der Waals surface area (Å²) in [6.45, 7) is 0. The number of hydrogen-bond donors (Lipinski definition) is 0. The van der Waals surface area contributed by atoms with Gasteiger partial charge in [0.2, 0.25) is 0 Å². The van der Waals surface area contributed by atoms with Crippen molar-refractivity contribution in [2.75, 3.05) is 0 Å². The molecule has 0 fully saturated rings. The number of pyridine rings is 1. The van der Waals surface area contributed by atoms with Crippen molar-refractivity contribution < 1.29 is 4.42 Å². The molecule has 0 saturated heterocycles. The fraction of sp³-hybridized carbons (Fsp3) is 0. The van der Waals surface area contributed by atoms with E-state index >= 15 is 0 Å². The highest BCUT2D eigenvalue weighted by Crippen LogP contribution is 2.41. The first-order chi connectivity index (χ1) is 9.92. The van der Waals surface area contributed by atoms with Crippen LogP contribution in [-0.4, -0.2) is 4.98 Å². The smallest absolute Gasteiger partial charge is 0.153 e. The second-order valence-corrected chi connectivity index (χ2v) is 5.95. The van der Waals surface area contributed by atoms with Crippen LogP contribution in [0, 0.1) is 0 Å². The van der Waals surface area contributed by atoms with Crippen molar-refractivity contribution in [3.05, 3.63) is 54.7 Å². The predicted octanol–water partition coefficient (Wildman–Crippen LogP) is 5.35. The lowest BCUT2D eigenvalue weighted by molar-refractivity contribution is 0.662. The van der Waals surface area contributed by atoms with Crippen molar-refractivity contribution in [2.45, 2.75) is 0 Å². The van der Waals surface area contributed by atoms with E-state index in [1.54, 1.807) is 11.3 Å². The van der Waals surface area contributed by atoms with Crippen LogP contribution >= 0.6 is 11.3 Å². The monoisotopic (exact) mass is 275 g/mol. The Hall–Kier alpha value is -2.39. The Morgan fingerprint density at radius 3 is 2.55 bits per heavy atom. The first-order valence-corrected chi connectivity index (χ1v) is 7.31. The molecule has 3 aromatic heterocycles. The van der Waals surface area contributed by atoms with Crippen LogP contribution in [0.2, 0.25) is 0 Å². The number of hydrogen-bond acceptors (Lipinski definition) is 3. The molecule has 0 bridgehead atoms. The Bertz CT molecular complexity index is 1100. The SMILES string of the molecule is c1cnc2c(c1)oc1cccc3sc4cccc2c4c13. The van der Waals surface area contributed by atoms with Gasteiger partial charge < -0.3 is 4.42 Å². The highest BCUT2D eigenvalue weighted by molar-refractivity contribution is 7.26. The van der Waals surface area contributed by atoms with Gasteiger partial charge >= 0.3 is 0 Å². The van der Waals surface area contributed by atoms with Crippen molar-refractivity contribution in [3.8, 4) is 0 Å². The molecule has 0 atom stereocenters. The molecule has 0 N–H and O–H groups in total. The van der Waals surface area contributed by atoms with E-state index in [1.165, 1.54) is 20.2 Å². The summed E-state index contributed by atoms with van der Waals surface area (Å²) in [7, 11) is 0. The minimum atomic E-state index is 0.828. The molecule has 5 aromatic rings. The summed E-state index contributed by atoms with van der Waals surface area (Å²) in [6, 6.07) is 16.5. The summed E-state index contributed by atoms with van der Waals surface area (Å²) < 4.78 is 8.67. The van der Waals surface area contributed by atoms with Crippen molar-refractivity contribution in [2.24, 2.45) is 0 Å². The Morgan fingerprint density at radius 1 is 0.800 bits per heavy atom. The Kier molecular flexibility index (Phi) is 1.86. The summed E-state index contributed by atoms with van der Waals surface area (Å²) in [5, 5.41) is 3.64. The number of benzene rings is 2. The summed E-state index contributed by atoms with van der Waals surface area (Å²) >= 11 is 1.81. The van der Waals surface area contributed by atoms with E-state index < -0.39 is 0 Å². The normalized spacial score (nSPS) is 12.0. The molecule has 0 aliphatic heterocycles. The van der Waals surface area contributed by atoms with Crippen molar-refractivity contribution >= 4 is 53.6 Å². The molecule has 3 heteroatoms. The summed E-state index contributed by atoms with van der Waals surface area (Å²) in [6.07, 6.45) is 1.82. The fourth-order valence-electron chi connectivity index (χ4n) is 2.91. The second kappa shape index (κ2) is 3.58. The molecule has 0 aliphatic rings. The maximum Gasteiger partial charge on any atom is 0.153 e. The van der Waals surface area contributed by atoms with Crippen LogP contribution in [0.3, 0.4) is 0 Å². The average Bonchev–Trinajstić information content (AvgIpc) is 2.79. The molecule has 0 spiro atoms. The molecular weight excluding hydrogens is 266 g/mol. The van der Waals surface area contributed by atoms with Gasteiger partial charge in [0.05, 0.1) is 0 Å². The Balaban J connectivity index is 2.32. The first kappa shape index (κ1) is 10.4. The molecule has 2 aromatic carbocycles. The van der Waals surface area contributed by atoms with Crippen LogP contribution in [0.1, 0.15) is 0 Å². The van der Waals surface area contributed by atoms with E-state index in [2.05, 4.69) is 29.2 Å². The maximum atomic E-state index is 6.12. The maximum absolute atomic E-state index is 6.12. The van der Waals surface area contributed by atoms with Crippen LogP contribution in [0.15, 0.2) is 59.1 Å². The van der Waals surface area contributed by atoms with Crippen LogP contribution in [0.4, 0.5) is 0 Å². The molecule has 5 rings (SSSR count). The van der Waals surface area contributed by atoms with Gasteiger partial charge in [-0.2, -0.15) is 0 Å². The number of fused-ring (bicyclic) bond motifs is 2. The molecule has 94 valence electrons. The zero-order chi connectivity index (χ0) is 13.1. The quantitative estimate of drug-likeness (QED) is 0.381. The van der Waals surface area contributed by atoms with Crippen molar-refractivity contribution in [1.82, 2.24) is 4.98 Å². The standard InChI is InChI=1S/C17H9NOS/c1-4-10-15-13(7-1)20-14-8-2-5-11(16(14)15)19-12-6-3-9-18-17(10)12/h1-9H. The highest BCUT2D eigenvalue weighted by Gasteiger charge is 2.13. The fourth-order valence-corrected chi connectivity index (χ4v) is 4.06. The third kappa shape index (κ3) is 1.20. The molecule has 20 heavy (non-hydrogen) atoms. The molecule has 0 unspecified atom stereocenters. The van der Waals surface area contributed by atoms with Crippen LogP contribution in [0.25, 0.3) is 42.2 Å². The van der Waals surface area contributed by atoms with Gasteiger partial charge in [-0.05, 0) is 30.3 Å². The highest BCUT2D eigenvalue weighted by atomic mass is 32.1. The van der Waals surface area contributed by atoms with E-state index in [0.29, 0.717) is 0 Å². The topological polar surface area (TPSA) is 26.0 Å².